The largest absolute Gasteiger partial charge is 0.487 e. The number of benzene rings is 2. The summed E-state index contributed by atoms with van der Waals surface area (Å²) in [6.07, 6.45) is 1.09. The predicted molar refractivity (Wildman–Crippen MR) is 131 cm³/mol. The van der Waals surface area contributed by atoms with Crippen LogP contribution < -0.4 is 15.4 Å². The van der Waals surface area contributed by atoms with E-state index in [2.05, 4.69) is 15.5 Å². The average Bonchev–Trinajstić information content (AvgIpc) is 3.18. The number of imide groups is 1. The van der Waals surface area contributed by atoms with Crippen molar-refractivity contribution in [3.05, 3.63) is 64.7 Å². The summed E-state index contributed by atoms with van der Waals surface area (Å²) in [6.45, 7) is 4.72. The lowest BCUT2D eigenvalue weighted by molar-refractivity contribution is -0.136. The molecule has 196 valence electrons. The van der Waals surface area contributed by atoms with E-state index >= 15 is 0 Å². The van der Waals surface area contributed by atoms with Crippen molar-refractivity contribution in [3.63, 3.8) is 0 Å². The Balaban J connectivity index is 1.29. The maximum atomic E-state index is 14.2. The third-order valence-electron chi connectivity index (χ3n) is 7.30. The van der Waals surface area contributed by atoms with Crippen molar-refractivity contribution in [2.45, 2.75) is 57.5 Å². The van der Waals surface area contributed by atoms with Crippen LogP contribution >= 0.6 is 0 Å². The lowest BCUT2D eigenvalue weighted by Gasteiger charge is -2.39. The van der Waals surface area contributed by atoms with Gasteiger partial charge in [-0.1, -0.05) is 13.0 Å². The molecular formula is C27H30F2N4O4. The second-order valence-corrected chi connectivity index (χ2v) is 9.80. The van der Waals surface area contributed by atoms with E-state index in [1.54, 1.807) is 12.1 Å². The van der Waals surface area contributed by atoms with E-state index < -0.39 is 23.6 Å². The minimum atomic E-state index is -0.668. The van der Waals surface area contributed by atoms with Gasteiger partial charge in [0.2, 0.25) is 11.8 Å². The van der Waals surface area contributed by atoms with Gasteiger partial charge in [0.05, 0.1) is 0 Å². The highest BCUT2D eigenvalue weighted by atomic mass is 19.1. The Labute approximate surface area is 213 Å². The van der Waals surface area contributed by atoms with Crippen LogP contribution in [0.1, 0.15) is 47.7 Å². The topological polar surface area (TPSA) is 91.0 Å². The van der Waals surface area contributed by atoms with Gasteiger partial charge in [0, 0.05) is 55.8 Å². The molecule has 2 saturated heterocycles. The minimum absolute atomic E-state index is 0.0918. The number of amides is 3. The van der Waals surface area contributed by atoms with Crippen molar-refractivity contribution in [2.24, 2.45) is 0 Å². The summed E-state index contributed by atoms with van der Waals surface area (Å²) in [4.78, 5) is 40.4. The molecule has 0 spiro atoms. The number of hydrogen-bond acceptors (Lipinski definition) is 6. The molecule has 2 fully saturated rings. The number of fused-ring (bicyclic) bond motifs is 1. The molecule has 2 aromatic rings. The van der Waals surface area contributed by atoms with Gasteiger partial charge in [0.15, 0.2) is 0 Å². The number of carbonyl (C=O) groups excluding carboxylic acids is 3. The number of ether oxygens (including phenoxy) is 1. The molecule has 3 unspecified atom stereocenters. The first-order valence-corrected chi connectivity index (χ1v) is 12.7. The maximum absolute atomic E-state index is 14.2. The molecule has 3 heterocycles. The fourth-order valence-corrected chi connectivity index (χ4v) is 5.43. The molecule has 0 bridgehead atoms. The normalized spacial score (nSPS) is 24.2. The lowest BCUT2D eigenvalue weighted by Crippen LogP contribution is -2.54. The molecule has 3 aliphatic heterocycles. The third kappa shape index (κ3) is 5.35. The first kappa shape index (κ1) is 25.3. The van der Waals surface area contributed by atoms with Crippen molar-refractivity contribution < 1.29 is 27.9 Å². The highest BCUT2D eigenvalue weighted by molar-refractivity contribution is 6.05. The number of nitrogens with one attached hydrogen (secondary N) is 2. The quantitative estimate of drug-likeness (QED) is 0.554. The number of likely N-dealkylation sites (N-methyl/N-ethyl adjacent to an activating group) is 1. The molecule has 0 aliphatic carbocycles. The van der Waals surface area contributed by atoms with Crippen LogP contribution in [0.4, 0.5) is 8.78 Å². The summed E-state index contributed by atoms with van der Waals surface area (Å²) in [5, 5.41) is 5.78. The van der Waals surface area contributed by atoms with Gasteiger partial charge in [0.25, 0.3) is 5.91 Å². The number of hydrogen-bond donors (Lipinski definition) is 2. The Kier molecular flexibility index (Phi) is 7.21. The molecule has 3 amide bonds. The first-order chi connectivity index (χ1) is 17.8. The van der Waals surface area contributed by atoms with E-state index in [4.69, 9.17) is 4.74 Å². The number of rotatable bonds is 7. The number of carbonyl (C=O) groups is 3. The van der Waals surface area contributed by atoms with Gasteiger partial charge in [-0.15, -0.1) is 0 Å². The minimum Gasteiger partial charge on any atom is -0.487 e. The first-order valence-electron chi connectivity index (χ1n) is 12.7. The monoisotopic (exact) mass is 512 g/mol. The van der Waals surface area contributed by atoms with Crippen molar-refractivity contribution in [2.75, 3.05) is 19.6 Å². The van der Waals surface area contributed by atoms with Gasteiger partial charge >= 0.3 is 0 Å². The zero-order chi connectivity index (χ0) is 26.1. The molecule has 0 aromatic heterocycles. The van der Waals surface area contributed by atoms with Crippen molar-refractivity contribution in [1.82, 2.24) is 20.4 Å². The molecular weight excluding hydrogens is 482 g/mol. The SMILES string of the molecule is CCNC1CCN(Cc2ccc(F)cc2F)CC1Oc1ccc2c(c1)CN(C1CCC(=O)NC1=O)C2=O. The fraction of sp³-hybridized carbons (Fsp3) is 0.444. The molecule has 10 heteroatoms. The Morgan fingerprint density at radius 1 is 1.11 bits per heavy atom. The van der Waals surface area contributed by atoms with Gasteiger partial charge in [-0.2, -0.15) is 0 Å². The van der Waals surface area contributed by atoms with Gasteiger partial charge < -0.3 is 15.0 Å². The molecule has 3 aliphatic rings. The smallest absolute Gasteiger partial charge is 0.255 e. The Morgan fingerprint density at radius 3 is 2.70 bits per heavy atom. The number of likely N-dealkylation sites (tertiary alicyclic amines) is 1. The van der Waals surface area contributed by atoms with E-state index in [1.165, 1.54) is 17.0 Å². The Hall–Kier alpha value is -3.37. The van der Waals surface area contributed by atoms with Crippen LogP contribution in [0.15, 0.2) is 36.4 Å². The van der Waals surface area contributed by atoms with Crippen LogP contribution in [-0.2, 0) is 22.7 Å². The highest BCUT2D eigenvalue weighted by Crippen LogP contribution is 2.31. The van der Waals surface area contributed by atoms with E-state index in [1.807, 2.05) is 13.0 Å². The summed E-state index contributed by atoms with van der Waals surface area (Å²) in [5.41, 5.74) is 1.73. The second kappa shape index (κ2) is 10.5. The number of piperidine rings is 2. The van der Waals surface area contributed by atoms with Crippen molar-refractivity contribution in [3.8, 4) is 5.75 Å². The summed E-state index contributed by atoms with van der Waals surface area (Å²) >= 11 is 0. The lowest BCUT2D eigenvalue weighted by atomic mass is 10.0. The van der Waals surface area contributed by atoms with Crippen molar-refractivity contribution in [1.29, 1.82) is 0 Å². The highest BCUT2D eigenvalue weighted by Gasteiger charge is 2.39. The van der Waals surface area contributed by atoms with E-state index in [-0.39, 0.29) is 36.9 Å². The molecule has 2 N–H and O–H groups in total. The molecule has 0 radical (unpaired) electrons. The standard InChI is InChI=1S/C27H30F2N4O4/c1-2-30-22-9-10-32(13-16-3-4-18(28)12-21(16)29)15-24(22)37-19-5-6-20-17(11-19)14-33(27(20)36)23-7-8-25(34)31-26(23)35/h3-6,11-12,22-24,30H,2,7-10,13-15H2,1H3,(H,31,34,35). The Morgan fingerprint density at radius 2 is 1.95 bits per heavy atom. The van der Waals surface area contributed by atoms with Gasteiger partial charge in [-0.25, -0.2) is 8.78 Å². The maximum Gasteiger partial charge on any atom is 0.255 e. The molecule has 3 atom stereocenters. The molecule has 0 saturated carbocycles. The van der Waals surface area contributed by atoms with Gasteiger partial charge in [0.1, 0.15) is 29.5 Å². The third-order valence-corrected chi connectivity index (χ3v) is 7.30. The molecule has 2 aromatic carbocycles. The van der Waals surface area contributed by atoms with Gasteiger partial charge in [-0.3, -0.25) is 24.6 Å². The van der Waals surface area contributed by atoms with Crippen LogP contribution in [0.2, 0.25) is 0 Å². The Bertz CT molecular complexity index is 1220. The van der Waals surface area contributed by atoms with E-state index in [9.17, 15) is 23.2 Å². The summed E-state index contributed by atoms with van der Waals surface area (Å²) < 4.78 is 33.9. The van der Waals surface area contributed by atoms with Gasteiger partial charge in [-0.05, 0) is 49.2 Å². The summed E-state index contributed by atoms with van der Waals surface area (Å²) in [6, 6.07) is 8.37. The average molecular weight is 513 g/mol. The summed E-state index contributed by atoms with van der Waals surface area (Å²) in [7, 11) is 0. The zero-order valence-corrected chi connectivity index (χ0v) is 20.6. The van der Waals surface area contributed by atoms with Crippen LogP contribution in [0.25, 0.3) is 0 Å². The number of nitrogens with zero attached hydrogens (tertiary/aromatic N) is 2. The second-order valence-electron chi connectivity index (χ2n) is 9.80. The van der Waals surface area contributed by atoms with Crippen LogP contribution in [-0.4, -0.2) is 65.3 Å². The summed E-state index contributed by atoms with van der Waals surface area (Å²) in [5.74, 6) is -1.54. The zero-order valence-electron chi connectivity index (χ0n) is 20.6. The molecule has 37 heavy (non-hydrogen) atoms. The van der Waals surface area contributed by atoms with Crippen LogP contribution in [0.3, 0.4) is 0 Å². The van der Waals surface area contributed by atoms with Crippen LogP contribution in [0.5, 0.6) is 5.75 Å². The fourth-order valence-electron chi connectivity index (χ4n) is 5.43. The van der Waals surface area contributed by atoms with E-state index in [0.717, 1.165) is 31.1 Å². The number of halogens is 2. The van der Waals surface area contributed by atoms with Crippen molar-refractivity contribution >= 4 is 17.7 Å². The van der Waals surface area contributed by atoms with E-state index in [0.29, 0.717) is 36.4 Å². The predicted octanol–water partition coefficient (Wildman–Crippen LogP) is 2.36. The van der Waals surface area contributed by atoms with Crippen LogP contribution in [0, 0.1) is 11.6 Å². The molecule has 8 nitrogen and oxygen atoms in total. The molecule has 5 rings (SSSR count).